The molecule has 0 aromatic heterocycles. The Bertz CT molecular complexity index is 1270. The minimum Gasteiger partial charge on any atom is -0.457 e. The van der Waals surface area contributed by atoms with E-state index in [-0.39, 0.29) is 29.6 Å². The molecule has 11 heteroatoms. The summed E-state index contributed by atoms with van der Waals surface area (Å²) < 4.78 is 39.3. The van der Waals surface area contributed by atoms with E-state index in [1.165, 1.54) is 0 Å². The van der Waals surface area contributed by atoms with Crippen LogP contribution in [-0.4, -0.2) is 92.2 Å². The molecule has 1 saturated carbocycles. The van der Waals surface area contributed by atoms with Crippen molar-refractivity contribution in [2.75, 3.05) is 37.9 Å². The number of nitrogens with zero attached hydrogens (tertiary/aromatic N) is 2. The standard InChI is InChI=1S/C31H45N3O7S/c1-21-8-10-26(35)20-29(36)41-30(22(2)9-13-28(21)40-31(37)34-16-14-33(4)15-17-34)23(3)18-24-6-5-7-25(19-24)32-42(38,39)27-11-12-27/h5-7,9,13,18-19,21-22,26-28,30,32,35H,8,10-12,14-17,20H2,1-4H3/b13-9+,23-18+/t21-,22-,26+,28-,30-/m0/s1. The molecule has 1 saturated heterocycles. The number of benzene rings is 1. The number of carbonyl (C=O) groups excluding carboxylic acids is 2. The third-order valence-corrected chi connectivity index (χ3v) is 10.1. The van der Waals surface area contributed by atoms with Gasteiger partial charge in [-0.1, -0.05) is 38.1 Å². The molecule has 5 atom stereocenters. The Labute approximate surface area is 249 Å². The van der Waals surface area contributed by atoms with Crippen molar-refractivity contribution in [2.45, 2.75) is 76.4 Å². The number of nitrogens with one attached hydrogen (secondary N) is 1. The van der Waals surface area contributed by atoms with Gasteiger partial charge in [-0.05, 0) is 74.9 Å². The number of cyclic esters (lactones) is 1. The van der Waals surface area contributed by atoms with Crippen LogP contribution in [0.5, 0.6) is 0 Å². The topological polar surface area (TPSA) is 125 Å². The van der Waals surface area contributed by atoms with Crippen molar-refractivity contribution in [3.63, 3.8) is 0 Å². The summed E-state index contributed by atoms with van der Waals surface area (Å²) in [5.41, 5.74) is 2.00. The lowest BCUT2D eigenvalue weighted by Crippen LogP contribution is -2.48. The van der Waals surface area contributed by atoms with E-state index in [1.807, 2.05) is 52.1 Å². The van der Waals surface area contributed by atoms with Gasteiger partial charge in [0.2, 0.25) is 10.0 Å². The molecule has 1 aromatic carbocycles. The number of piperazine rings is 1. The van der Waals surface area contributed by atoms with Crippen LogP contribution in [0.3, 0.4) is 0 Å². The molecule has 1 aromatic rings. The fourth-order valence-corrected chi connectivity index (χ4v) is 6.67. The summed E-state index contributed by atoms with van der Waals surface area (Å²) in [5.74, 6) is -0.819. The van der Waals surface area contributed by atoms with Gasteiger partial charge in [-0.2, -0.15) is 0 Å². The van der Waals surface area contributed by atoms with Gasteiger partial charge in [0.1, 0.15) is 12.2 Å². The predicted molar refractivity (Wildman–Crippen MR) is 162 cm³/mol. The van der Waals surface area contributed by atoms with E-state index in [1.54, 1.807) is 23.1 Å². The van der Waals surface area contributed by atoms with Gasteiger partial charge in [-0.25, -0.2) is 13.2 Å². The molecule has 2 heterocycles. The van der Waals surface area contributed by atoms with Crippen molar-refractivity contribution >= 4 is 33.8 Å². The zero-order chi connectivity index (χ0) is 30.4. The van der Waals surface area contributed by atoms with Crippen molar-refractivity contribution in [2.24, 2.45) is 11.8 Å². The quantitative estimate of drug-likeness (QED) is 0.369. The molecule has 2 N–H and O–H groups in total. The highest BCUT2D eigenvalue weighted by molar-refractivity contribution is 7.93. The largest absolute Gasteiger partial charge is 0.457 e. The minimum atomic E-state index is -3.39. The average molecular weight is 604 g/mol. The van der Waals surface area contributed by atoms with Gasteiger partial charge in [0, 0.05) is 37.8 Å². The van der Waals surface area contributed by atoms with Crippen molar-refractivity contribution < 1.29 is 32.6 Å². The lowest BCUT2D eigenvalue weighted by Gasteiger charge is -2.33. The summed E-state index contributed by atoms with van der Waals surface area (Å²) >= 11 is 0. The van der Waals surface area contributed by atoms with Crippen LogP contribution in [0, 0.1) is 11.8 Å². The van der Waals surface area contributed by atoms with Crippen molar-refractivity contribution in [3.05, 3.63) is 47.6 Å². The highest BCUT2D eigenvalue weighted by Crippen LogP contribution is 2.30. The molecular weight excluding hydrogens is 558 g/mol. The minimum absolute atomic E-state index is 0.0628. The number of aliphatic hydroxyl groups excluding tert-OH is 1. The second-order valence-corrected chi connectivity index (χ2v) is 14.0. The summed E-state index contributed by atoms with van der Waals surface area (Å²) in [6.07, 6.45) is 5.50. The fraction of sp³-hybridized carbons (Fsp3) is 0.613. The second kappa shape index (κ2) is 14.1. The van der Waals surface area contributed by atoms with E-state index < -0.39 is 34.3 Å². The number of likely N-dealkylation sites (N-methyl/N-ethyl adjacent to an activating group) is 1. The Morgan fingerprint density at radius 1 is 1.10 bits per heavy atom. The molecule has 2 fully saturated rings. The van der Waals surface area contributed by atoms with Crippen molar-refractivity contribution in [1.29, 1.82) is 0 Å². The van der Waals surface area contributed by atoms with E-state index in [0.29, 0.717) is 44.5 Å². The maximum absolute atomic E-state index is 13.0. The molecule has 232 valence electrons. The summed E-state index contributed by atoms with van der Waals surface area (Å²) in [6, 6.07) is 7.09. The molecule has 0 bridgehead atoms. The number of esters is 1. The SMILES string of the molecule is C/C(=C\c1cccc(NS(=O)(=O)C2CC2)c1)[C@H]1OC(=O)C[C@H](O)CC[C@H](C)[C@@H](OC(=O)N2CCN(C)CC2)/C=C/[C@@H]1C. The molecule has 0 radical (unpaired) electrons. The van der Waals surface area contributed by atoms with E-state index in [9.17, 15) is 23.1 Å². The van der Waals surface area contributed by atoms with Gasteiger partial charge >= 0.3 is 12.1 Å². The van der Waals surface area contributed by atoms with Crippen LogP contribution in [0.15, 0.2) is 42.0 Å². The maximum atomic E-state index is 13.0. The van der Waals surface area contributed by atoms with Crippen molar-refractivity contribution in [3.8, 4) is 0 Å². The van der Waals surface area contributed by atoms with E-state index in [0.717, 1.165) is 24.2 Å². The number of sulfonamides is 1. The van der Waals surface area contributed by atoms with Crippen LogP contribution in [0.1, 0.15) is 58.4 Å². The van der Waals surface area contributed by atoms with Gasteiger partial charge in [0.25, 0.3) is 0 Å². The van der Waals surface area contributed by atoms with Gasteiger partial charge in [0.05, 0.1) is 17.8 Å². The maximum Gasteiger partial charge on any atom is 0.410 e. The molecular formula is C31H45N3O7S. The number of amides is 1. The van der Waals surface area contributed by atoms with Gasteiger partial charge < -0.3 is 24.4 Å². The van der Waals surface area contributed by atoms with Crippen LogP contribution in [-0.2, 0) is 24.3 Å². The Balaban J connectivity index is 1.53. The highest BCUT2D eigenvalue weighted by Gasteiger charge is 2.35. The average Bonchev–Trinajstić information content (AvgIpc) is 3.79. The molecule has 42 heavy (non-hydrogen) atoms. The van der Waals surface area contributed by atoms with Gasteiger partial charge in [0.15, 0.2) is 0 Å². The number of hydrogen-bond acceptors (Lipinski definition) is 8. The number of rotatable bonds is 6. The lowest BCUT2D eigenvalue weighted by atomic mass is 9.91. The number of aliphatic hydroxyl groups is 1. The smallest absolute Gasteiger partial charge is 0.410 e. The molecule has 0 spiro atoms. The Morgan fingerprint density at radius 3 is 2.50 bits per heavy atom. The Kier molecular flexibility index (Phi) is 10.7. The van der Waals surface area contributed by atoms with Crippen LogP contribution < -0.4 is 4.72 Å². The number of hydrogen-bond donors (Lipinski definition) is 2. The number of ether oxygens (including phenoxy) is 2. The van der Waals surface area contributed by atoms with Crippen molar-refractivity contribution in [1.82, 2.24) is 9.80 Å². The van der Waals surface area contributed by atoms with Crippen LogP contribution in [0.25, 0.3) is 6.08 Å². The molecule has 1 aliphatic carbocycles. The molecule has 4 rings (SSSR count). The first-order valence-electron chi connectivity index (χ1n) is 14.9. The first-order chi connectivity index (χ1) is 19.9. The van der Waals surface area contributed by atoms with Crippen LogP contribution >= 0.6 is 0 Å². The molecule has 0 unspecified atom stereocenters. The summed E-state index contributed by atoms with van der Waals surface area (Å²) in [6.45, 7) is 8.59. The second-order valence-electron chi connectivity index (χ2n) is 12.1. The van der Waals surface area contributed by atoms with Crippen LogP contribution in [0.4, 0.5) is 10.5 Å². The highest BCUT2D eigenvalue weighted by atomic mass is 32.2. The molecule has 2 aliphatic heterocycles. The number of carbonyl (C=O) groups is 2. The molecule has 10 nitrogen and oxygen atoms in total. The van der Waals surface area contributed by atoms with Crippen LogP contribution in [0.2, 0.25) is 0 Å². The monoisotopic (exact) mass is 603 g/mol. The summed E-state index contributed by atoms with van der Waals surface area (Å²) in [7, 11) is -1.36. The first-order valence-corrected chi connectivity index (χ1v) is 16.5. The predicted octanol–water partition coefficient (Wildman–Crippen LogP) is 4.03. The summed E-state index contributed by atoms with van der Waals surface area (Å²) in [4.78, 5) is 29.7. The normalized spacial score (nSPS) is 29.5. The molecule has 3 aliphatic rings. The first kappa shape index (κ1) is 32.0. The van der Waals surface area contributed by atoms with E-state index >= 15 is 0 Å². The Hall–Kier alpha value is -2.89. The Morgan fingerprint density at radius 2 is 1.81 bits per heavy atom. The number of anilines is 1. The van der Waals surface area contributed by atoms with Gasteiger partial charge in [-0.3, -0.25) is 9.52 Å². The zero-order valence-electron chi connectivity index (χ0n) is 25.1. The molecule has 1 amide bonds. The van der Waals surface area contributed by atoms with E-state index in [2.05, 4.69) is 9.62 Å². The fourth-order valence-electron chi connectivity index (χ4n) is 5.29. The zero-order valence-corrected chi connectivity index (χ0v) is 25.9. The third kappa shape index (κ3) is 9.05. The third-order valence-electron chi connectivity index (χ3n) is 8.21. The lowest BCUT2D eigenvalue weighted by molar-refractivity contribution is -0.151. The van der Waals surface area contributed by atoms with Gasteiger partial charge in [-0.15, -0.1) is 0 Å². The summed E-state index contributed by atoms with van der Waals surface area (Å²) in [5, 5.41) is 10.2. The van der Waals surface area contributed by atoms with E-state index in [4.69, 9.17) is 9.47 Å².